The van der Waals surface area contributed by atoms with Crippen LogP contribution >= 0.6 is 0 Å². The van der Waals surface area contributed by atoms with Gasteiger partial charge in [0.05, 0.1) is 5.69 Å². The molecule has 1 nitrogen and oxygen atoms in total. The van der Waals surface area contributed by atoms with E-state index in [1.165, 1.54) is 16.7 Å². The third kappa shape index (κ3) is 2.94. The van der Waals surface area contributed by atoms with Crippen molar-refractivity contribution in [3.8, 4) is 22.4 Å². The molecule has 0 bridgehead atoms. The minimum absolute atomic E-state index is 0.135. The van der Waals surface area contributed by atoms with Crippen molar-refractivity contribution in [1.82, 2.24) is 4.98 Å². The van der Waals surface area contributed by atoms with Crippen LogP contribution in [0.4, 0.5) is 0 Å². The van der Waals surface area contributed by atoms with Crippen LogP contribution in [0.15, 0.2) is 72.9 Å². The average molecular weight is 287 g/mol. The number of nitrogens with zero attached hydrogens (tertiary/aromatic N) is 1. The average Bonchev–Trinajstić information content (AvgIpc) is 2.55. The molecule has 1 heteroatoms. The van der Waals surface area contributed by atoms with Gasteiger partial charge in [0.1, 0.15) is 0 Å². The van der Waals surface area contributed by atoms with Crippen molar-refractivity contribution < 1.29 is 0 Å². The number of aromatic nitrogens is 1. The van der Waals surface area contributed by atoms with E-state index in [0.29, 0.717) is 0 Å². The van der Waals surface area contributed by atoms with Gasteiger partial charge in [-0.05, 0) is 34.2 Å². The summed E-state index contributed by atoms with van der Waals surface area (Å²) in [7, 11) is 0. The van der Waals surface area contributed by atoms with E-state index in [9.17, 15) is 0 Å². The Morgan fingerprint density at radius 1 is 0.682 bits per heavy atom. The molecule has 0 unspecified atom stereocenters. The van der Waals surface area contributed by atoms with Crippen LogP contribution in [-0.4, -0.2) is 4.98 Å². The highest BCUT2D eigenvalue weighted by molar-refractivity contribution is 5.72. The number of hydrogen-bond donors (Lipinski definition) is 0. The maximum absolute atomic E-state index is 4.41. The van der Waals surface area contributed by atoms with E-state index < -0.39 is 0 Å². The van der Waals surface area contributed by atoms with Crippen molar-refractivity contribution in [2.75, 3.05) is 0 Å². The normalized spacial score (nSPS) is 11.4. The van der Waals surface area contributed by atoms with E-state index >= 15 is 0 Å². The molecule has 0 aliphatic heterocycles. The third-order valence-corrected chi connectivity index (χ3v) is 3.89. The largest absolute Gasteiger partial charge is 0.256 e. The van der Waals surface area contributed by atoms with Crippen LogP contribution < -0.4 is 0 Å². The summed E-state index contributed by atoms with van der Waals surface area (Å²) in [4.78, 5) is 4.41. The van der Waals surface area contributed by atoms with E-state index in [-0.39, 0.29) is 5.41 Å². The lowest BCUT2D eigenvalue weighted by Crippen LogP contribution is -2.12. The van der Waals surface area contributed by atoms with Crippen molar-refractivity contribution in [3.63, 3.8) is 0 Å². The number of hydrogen-bond acceptors (Lipinski definition) is 1. The quantitative estimate of drug-likeness (QED) is 0.588. The van der Waals surface area contributed by atoms with E-state index in [1.807, 2.05) is 24.4 Å². The lowest BCUT2D eigenvalue weighted by molar-refractivity contribution is 0.592. The van der Waals surface area contributed by atoms with Gasteiger partial charge in [0.2, 0.25) is 0 Å². The Bertz CT molecular complexity index is 750. The van der Waals surface area contributed by atoms with Gasteiger partial charge in [0.25, 0.3) is 0 Å². The first-order valence-electron chi connectivity index (χ1n) is 7.67. The first kappa shape index (κ1) is 14.5. The van der Waals surface area contributed by atoms with Crippen molar-refractivity contribution in [2.24, 2.45) is 0 Å². The molecule has 0 fully saturated rings. The van der Waals surface area contributed by atoms with Gasteiger partial charge in [-0.25, -0.2) is 0 Å². The van der Waals surface area contributed by atoms with Gasteiger partial charge >= 0.3 is 0 Å². The molecule has 2 aromatic carbocycles. The van der Waals surface area contributed by atoms with Crippen molar-refractivity contribution in [3.05, 3.63) is 78.5 Å². The SMILES string of the molecule is CC(C)(C)c1ccccc1-c1ccc(-c2ccccn2)cc1. The predicted molar refractivity (Wildman–Crippen MR) is 93.8 cm³/mol. The topological polar surface area (TPSA) is 12.9 Å². The summed E-state index contributed by atoms with van der Waals surface area (Å²) in [6.45, 7) is 6.77. The van der Waals surface area contributed by atoms with E-state index in [4.69, 9.17) is 0 Å². The fourth-order valence-corrected chi connectivity index (χ4v) is 2.74. The molecule has 0 atom stereocenters. The Morgan fingerprint density at radius 3 is 1.95 bits per heavy atom. The van der Waals surface area contributed by atoms with Crippen molar-refractivity contribution in [1.29, 1.82) is 0 Å². The van der Waals surface area contributed by atoms with Gasteiger partial charge in [0.15, 0.2) is 0 Å². The second-order valence-electron chi connectivity index (χ2n) is 6.59. The zero-order chi connectivity index (χ0) is 15.6. The molecule has 1 aromatic heterocycles. The number of pyridine rings is 1. The maximum Gasteiger partial charge on any atom is 0.0701 e. The Labute approximate surface area is 132 Å². The lowest BCUT2D eigenvalue weighted by atomic mass is 9.82. The van der Waals surface area contributed by atoms with Crippen LogP contribution in [0.2, 0.25) is 0 Å². The van der Waals surface area contributed by atoms with Gasteiger partial charge in [-0.3, -0.25) is 4.98 Å². The van der Waals surface area contributed by atoms with E-state index in [1.54, 1.807) is 0 Å². The molecular formula is C21H21N. The highest BCUT2D eigenvalue weighted by atomic mass is 14.7. The number of benzene rings is 2. The molecule has 0 aliphatic rings. The van der Waals surface area contributed by atoms with Crippen LogP contribution in [0.5, 0.6) is 0 Å². The number of rotatable bonds is 2. The highest BCUT2D eigenvalue weighted by Crippen LogP contribution is 2.33. The van der Waals surface area contributed by atoms with Crippen molar-refractivity contribution in [2.45, 2.75) is 26.2 Å². The van der Waals surface area contributed by atoms with Crippen LogP contribution in [0.3, 0.4) is 0 Å². The molecule has 1 heterocycles. The Hall–Kier alpha value is -2.41. The van der Waals surface area contributed by atoms with Gasteiger partial charge < -0.3 is 0 Å². The van der Waals surface area contributed by atoms with Crippen LogP contribution in [-0.2, 0) is 5.41 Å². The zero-order valence-corrected chi connectivity index (χ0v) is 13.4. The lowest BCUT2D eigenvalue weighted by Gasteiger charge is -2.23. The van der Waals surface area contributed by atoms with Crippen molar-refractivity contribution >= 4 is 0 Å². The monoisotopic (exact) mass is 287 g/mol. The molecule has 110 valence electrons. The molecule has 0 aliphatic carbocycles. The summed E-state index contributed by atoms with van der Waals surface area (Å²) in [6.07, 6.45) is 1.83. The standard InChI is InChI=1S/C21H21N/c1-21(2,3)19-9-5-4-8-18(19)16-11-13-17(14-12-16)20-10-6-7-15-22-20/h4-15H,1-3H3. The van der Waals surface area contributed by atoms with Gasteiger partial charge in [-0.1, -0.05) is 75.4 Å². The van der Waals surface area contributed by atoms with Gasteiger partial charge in [0, 0.05) is 11.8 Å². The van der Waals surface area contributed by atoms with Gasteiger partial charge in [-0.15, -0.1) is 0 Å². The summed E-state index contributed by atoms with van der Waals surface area (Å²) in [5.74, 6) is 0. The fourth-order valence-electron chi connectivity index (χ4n) is 2.74. The van der Waals surface area contributed by atoms with Crippen LogP contribution in [0, 0.1) is 0 Å². The maximum atomic E-state index is 4.41. The first-order valence-corrected chi connectivity index (χ1v) is 7.67. The molecule has 0 spiro atoms. The van der Waals surface area contributed by atoms with E-state index in [0.717, 1.165) is 11.3 Å². The molecule has 0 N–H and O–H groups in total. The molecule has 0 saturated heterocycles. The summed E-state index contributed by atoms with van der Waals surface area (Å²) >= 11 is 0. The summed E-state index contributed by atoms with van der Waals surface area (Å²) in [5.41, 5.74) is 6.24. The third-order valence-electron chi connectivity index (χ3n) is 3.89. The Morgan fingerprint density at radius 2 is 1.32 bits per heavy atom. The smallest absolute Gasteiger partial charge is 0.0701 e. The molecule has 3 rings (SSSR count). The second kappa shape index (κ2) is 5.76. The Balaban J connectivity index is 2.01. The molecule has 3 aromatic rings. The molecule has 0 amide bonds. The molecular weight excluding hydrogens is 266 g/mol. The minimum atomic E-state index is 0.135. The summed E-state index contributed by atoms with van der Waals surface area (Å²) in [5, 5.41) is 0. The van der Waals surface area contributed by atoms with Gasteiger partial charge in [-0.2, -0.15) is 0 Å². The predicted octanol–water partition coefficient (Wildman–Crippen LogP) is 5.71. The molecule has 22 heavy (non-hydrogen) atoms. The Kier molecular flexibility index (Phi) is 3.81. The van der Waals surface area contributed by atoms with Crippen LogP contribution in [0.25, 0.3) is 22.4 Å². The molecule has 0 radical (unpaired) electrons. The van der Waals surface area contributed by atoms with E-state index in [2.05, 4.69) is 74.3 Å². The zero-order valence-electron chi connectivity index (χ0n) is 13.4. The molecule has 0 saturated carbocycles. The second-order valence-corrected chi connectivity index (χ2v) is 6.59. The fraction of sp³-hybridized carbons (Fsp3) is 0.190. The highest BCUT2D eigenvalue weighted by Gasteiger charge is 2.18. The summed E-state index contributed by atoms with van der Waals surface area (Å²) in [6, 6.07) is 23.3. The summed E-state index contributed by atoms with van der Waals surface area (Å²) < 4.78 is 0. The first-order chi connectivity index (χ1) is 10.6. The van der Waals surface area contributed by atoms with Crippen LogP contribution in [0.1, 0.15) is 26.3 Å². The minimum Gasteiger partial charge on any atom is -0.256 e.